The van der Waals surface area contributed by atoms with Crippen molar-refractivity contribution in [2.45, 2.75) is 11.8 Å². The van der Waals surface area contributed by atoms with E-state index in [1.54, 1.807) is 48.5 Å². The van der Waals surface area contributed by atoms with E-state index in [9.17, 15) is 20.0 Å². The normalized spacial score (nSPS) is 11.4. The SMILES string of the molecule is O=C(O)/C(=C/c1ccc(OCc2ccc([N+](=O)[O-])cc2)cc1)Sc1nc2ccccc2o1. The molecule has 9 heteroatoms. The average molecular weight is 448 g/mol. The van der Waals surface area contributed by atoms with Crippen molar-refractivity contribution in [3.05, 3.63) is 98.9 Å². The van der Waals surface area contributed by atoms with Crippen LogP contribution in [0.25, 0.3) is 17.2 Å². The van der Waals surface area contributed by atoms with Crippen LogP contribution in [0.1, 0.15) is 11.1 Å². The highest BCUT2D eigenvalue weighted by Gasteiger charge is 2.15. The number of hydrogen-bond donors (Lipinski definition) is 1. The van der Waals surface area contributed by atoms with Gasteiger partial charge >= 0.3 is 5.97 Å². The molecular formula is C23H16N2O6S. The number of ether oxygens (including phenoxy) is 1. The molecule has 0 fully saturated rings. The molecule has 4 aromatic rings. The van der Waals surface area contributed by atoms with Crippen molar-refractivity contribution < 1.29 is 24.0 Å². The number of rotatable bonds is 8. The van der Waals surface area contributed by atoms with Gasteiger partial charge in [-0.05, 0) is 65.4 Å². The molecular weight excluding hydrogens is 432 g/mol. The van der Waals surface area contributed by atoms with E-state index >= 15 is 0 Å². The van der Waals surface area contributed by atoms with Gasteiger partial charge in [-0.15, -0.1) is 0 Å². The van der Waals surface area contributed by atoms with Crippen LogP contribution in [0, 0.1) is 10.1 Å². The molecule has 0 amide bonds. The minimum atomic E-state index is -1.09. The van der Waals surface area contributed by atoms with Gasteiger partial charge in [0.2, 0.25) is 0 Å². The number of aliphatic carboxylic acids is 1. The smallest absolute Gasteiger partial charge is 0.342 e. The fourth-order valence-electron chi connectivity index (χ4n) is 2.82. The Morgan fingerprint density at radius 1 is 1.09 bits per heavy atom. The third kappa shape index (κ3) is 5.13. The summed E-state index contributed by atoms with van der Waals surface area (Å²) in [6.07, 6.45) is 1.53. The zero-order valence-corrected chi connectivity index (χ0v) is 17.3. The number of nitrogens with zero attached hydrogens (tertiary/aromatic N) is 2. The minimum absolute atomic E-state index is 0.0230. The second-order valence-electron chi connectivity index (χ2n) is 6.64. The van der Waals surface area contributed by atoms with Gasteiger partial charge in [0.25, 0.3) is 10.9 Å². The van der Waals surface area contributed by atoms with Crippen LogP contribution in [0.5, 0.6) is 5.75 Å². The van der Waals surface area contributed by atoms with Crippen LogP contribution in [0.4, 0.5) is 5.69 Å². The fourth-order valence-corrected chi connectivity index (χ4v) is 3.56. The average Bonchev–Trinajstić information content (AvgIpc) is 3.21. The van der Waals surface area contributed by atoms with Gasteiger partial charge < -0.3 is 14.3 Å². The monoisotopic (exact) mass is 448 g/mol. The number of benzene rings is 3. The molecule has 0 unspecified atom stereocenters. The third-order valence-corrected chi connectivity index (χ3v) is 5.27. The molecule has 0 aliphatic rings. The van der Waals surface area contributed by atoms with Gasteiger partial charge in [0.15, 0.2) is 5.58 Å². The number of aromatic nitrogens is 1. The lowest BCUT2D eigenvalue weighted by Crippen LogP contribution is -1.97. The van der Waals surface area contributed by atoms with E-state index in [4.69, 9.17) is 9.15 Å². The van der Waals surface area contributed by atoms with Crippen LogP contribution in [-0.4, -0.2) is 21.0 Å². The standard InChI is InChI=1S/C23H16N2O6S/c26-22(27)21(32-23-24-19-3-1-2-4-20(19)31-23)13-15-7-11-18(12-8-15)30-14-16-5-9-17(10-6-16)25(28)29/h1-13H,14H2,(H,26,27)/b21-13-. The number of para-hydroxylation sites is 2. The summed E-state index contributed by atoms with van der Waals surface area (Å²) in [7, 11) is 0. The van der Waals surface area contributed by atoms with E-state index in [1.165, 1.54) is 18.2 Å². The number of hydrogen-bond acceptors (Lipinski definition) is 7. The number of nitro groups is 1. The first-order valence-corrected chi connectivity index (χ1v) is 10.2. The van der Waals surface area contributed by atoms with E-state index in [0.717, 1.165) is 17.3 Å². The molecule has 1 aromatic heterocycles. The van der Waals surface area contributed by atoms with Crippen LogP contribution in [0.15, 0.2) is 87.3 Å². The number of fused-ring (bicyclic) bond motifs is 1. The van der Waals surface area contributed by atoms with Gasteiger partial charge in [-0.3, -0.25) is 10.1 Å². The van der Waals surface area contributed by atoms with Gasteiger partial charge in [-0.25, -0.2) is 9.78 Å². The number of non-ortho nitro benzene ring substituents is 1. The summed E-state index contributed by atoms with van der Waals surface area (Å²) in [5.74, 6) is -0.500. The van der Waals surface area contributed by atoms with E-state index < -0.39 is 10.9 Å². The number of carbonyl (C=O) groups is 1. The zero-order valence-electron chi connectivity index (χ0n) is 16.5. The number of carboxylic acids is 1. The molecule has 0 saturated carbocycles. The molecule has 1 heterocycles. The second kappa shape index (κ2) is 9.36. The van der Waals surface area contributed by atoms with Crippen molar-refractivity contribution in [2.75, 3.05) is 0 Å². The number of nitro benzene ring substituents is 1. The first-order chi connectivity index (χ1) is 15.5. The van der Waals surface area contributed by atoms with Gasteiger partial charge in [-0.1, -0.05) is 24.3 Å². The molecule has 0 spiro atoms. The molecule has 8 nitrogen and oxygen atoms in total. The maximum Gasteiger partial charge on any atom is 0.342 e. The number of thioether (sulfide) groups is 1. The van der Waals surface area contributed by atoms with Crippen molar-refractivity contribution in [1.82, 2.24) is 4.98 Å². The first-order valence-electron chi connectivity index (χ1n) is 9.42. The molecule has 160 valence electrons. The Kier molecular flexibility index (Phi) is 6.18. The summed E-state index contributed by atoms with van der Waals surface area (Å²) < 4.78 is 11.3. The summed E-state index contributed by atoms with van der Waals surface area (Å²) in [6, 6.07) is 20.3. The van der Waals surface area contributed by atoms with Crippen molar-refractivity contribution in [2.24, 2.45) is 0 Å². The van der Waals surface area contributed by atoms with Crippen molar-refractivity contribution >= 4 is 40.6 Å². The van der Waals surface area contributed by atoms with Crippen LogP contribution in [0.2, 0.25) is 0 Å². The summed E-state index contributed by atoms with van der Waals surface area (Å²) in [5, 5.41) is 20.5. The van der Waals surface area contributed by atoms with Crippen molar-refractivity contribution in [1.29, 1.82) is 0 Å². The number of carboxylic acid groups (broad SMARTS) is 1. The Bertz CT molecular complexity index is 1260. The fraction of sp³-hybridized carbons (Fsp3) is 0.0435. The van der Waals surface area contributed by atoms with E-state index in [2.05, 4.69) is 4.98 Å². The predicted octanol–water partition coefficient (Wildman–Crippen LogP) is 5.53. The lowest BCUT2D eigenvalue weighted by atomic mass is 10.2. The molecule has 32 heavy (non-hydrogen) atoms. The Morgan fingerprint density at radius 2 is 1.81 bits per heavy atom. The largest absolute Gasteiger partial charge is 0.489 e. The van der Waals surface area contributed by atoms with Gasteiger partial charge in [0.1, 0.15) is 22.8 Å². The third-order valence-electron chi connectivity index (χ3n) is 4.41. The second-order valence-corrected chi connectivity index (χ2v) is 7.64. The van der Waals surface area contributed by atoms with Crippen molar-refractivity contribution in [3.8, 4) is 5.75 Å². The van der Waals surface area contributed by atoms with Crippen LogP contribution >= 0.6 is 11.8 Å². The van der Waals surface area contributed by atoms with Gasteiger partial charge in [0, 0.05) is 12.1 Å². The molecule has 0 atom stereocenters. The highest BCUT2D eigenvalue weighted by molar-refractivity contribution is 8.03. The van der Waals surface area contributed by atoms with Crippen LogP contribution in [-0.2, 0) is 11.4 Å². The topological polar surface area (TPSA) is 116 Å². The quantitative estimate of drug-likeness (QED) is 0.162. The van der Waals surface area contributed by atoms with Crippen LogP contribution in [0.3, 0.4) is 0 Å². The molecule has 0 saturated heterocycles. The van der Waals surface area contributed by atoms with Crippen LogP contribution < -0.4 is 4.74 Å². The molecule has 4 rings (SSSR count). The Balaban J connectivity index is 1.42. The van der Waals surface area contributed by atoms with E-state index in [0.29, 0.717) is 22.4 Å². The molecule has 0 aliphatic heterocycles. The lowest BCUT2D eigenvalue weighted by Gasteiger charge is -2.07. The minimum Gasteiger partial charge on any atom is -0.489 e. The summed E-state index contributed by atoms with van der Waals surface area (Å²) in [6.45, 7) is 0.251. The molecule has 0 radical (unpaired) electrons. The highest BCUT2D eigenvalue weighted by atomic mass is 32.2. The summed E-state index contributed by atoms with van der Waals surface area (Å²) in [4.78, 5) is 26.3. The van der Waals surface area contributed by atoms with E-state index in [-0.39, 0.29) is 22.4 Å². The Labute approximate surface area is 186 Å². The molecule has 1 N–H and O–H groups in total. The van der Waals surface area contributed by atoms with E-state index in [1.807, 2.05) is 12.1 Å². The predicted molar refractivity (Wildman–Crippen MR) is 119 cm³/mol. The lowest BCUT2D eigenvalue weighted by molar-refractivity contribution is -0.384. The molecule has 3 aromatic carbocycles. The highest BCUT2D eigenvalue weighted by Crippen LogP contribution is 2.31. The van der Waals surface area contributed by atoms with Gasteiger partial charge in [-0.2, -0.15) is 0 Å². The maximum absolute atomic E-state index is 11.7. The summed E-state index contributed by atoms with van der Waals surface area (Å²) in [5.41, 5.74) is 2.74. The maximum atomic E-state index is 11.7. The Morgan fingerprint density at radius 3 is 2.47 bits per heavy atom. The summed E-state index contributed by atoms with van der Waals surface area (Å²) >= 11 is 0.937. The number of oxazole rings is 1. The Hall–Kier alpha value is -4.11. The van der Waals surface area contributed by atoms with Crippen molar-refractivity contribution in [3.63, 3.8) is 0 Å². The first kappa shape index (κ1) is 21.1. The van der Waals surface area contributed by atoms with Gasteiger partial charge in [0.05, 0.1) is 4.92 Å². The molecule has 0 bridgehead atoms. The molecule has 0 aliphatic carbocycles. The zero-order chi connectivity index (χ0) is 22.5.